The zero-order chi connectivity index (χ0) is 25.4. The number of halogens is 1. The molecule has 7 heteroatoms. The van der Waals surface area contributed by atoms with Gasteiger partial charge in [0.15, 0.2) is 0 Å². The summed E-state index contributed by atoms with van der Waals surface area (Å²) < 4.78 is 11.5. The summed E-state index contributed by atoms with van der Waals surface area (Å²) in [5.41, 5.74) is 2.16. The van der Waals surface area contributed by atoms with E-state index in [0.29, 0.717) is 28.5 Å². The van der Waals surface area contributed by atoms with E-state index in [1.165, 1.54) is 0 Å². The molecule has 2 atom stereocenters. The number of ether oxygens (including phenoxy) is 2. The van der Waals surface area contributed by atoms with Gasteiger partial charge < -0.3 is 14.6 Å². The number of rotatable bonds is 10. The van der Waals surface area contributed by atoms with Crippen LogP contribution >= 0.6 is 11.6 Å². The number of carboxylic acid groups (broad SMARTS) is 1. The van der Waals surface area contributed by atoms with E-state index in [1.807, 2.05) is 26.0 Å². The van der Waals surface area contributed by atoms with Crippen LogP contribution in [0.4, 0.5) is 0 Å². The summed E-state index contributed by atoms with van der Waals surface area (Å²) in [7, 11) is 0. The predicted octanol–water partition coefficient (Wildman–Crippen LogP) is 6.70. The summed E-state index contributed by atoms with van der Waals surface area (Å²) in [5, 5.41) is 19.1. The Bertz CT molecular complexity index is 1200. The molecule has 0 saturated carbocycles. The van der Waals surface area contributed by atoms with Crippen molar-refractivity contribution in [2.45, 2.75) is 38.7 Å². The molecule has 180 valence electrons. The van der Waals surface area contributed by atoms with Crippen molar-refractivity contribution in [3.63, 3.8) is 0 Å². The van der Waals surface area contributed by atoms with E-state index in [1.54, 1.807) is 60.7 Å². The van der Waals surface area contributed by atoms with Crippen LogP contribution < -0.4 is 4.74 Å². The van der Waals surface area contributed by atoms with Gasteiger partial charge in [-0.05, 0) is 59.9 Å². The first-order valence-electron chi connectivity index (χ1n) is 11.2. The molecule has 0 amide bonds. The Balaban J connectivity index is 1.72. The molecule has 3 aromatic carbocycles. The number of nitriles is 1. The lowest BCUT2D eigenvalue weighted by molar-refractivity contribution is -0.150. The van der Waals surface area contributed by atoms with Crippen molar-refractivity contribution in [3.8, 4) is 17.6 Å². The van der Waals surface area contributed by atoms with Crippen LogP contribution in [0.2, 0.25) is 5.02 Å². The number of benzene rings is 3. The number of aliphatic carboxylic acids is 1. The monoisotopic (exact) mass is 491 g/mol. The Morgan fingerprint density at radius 2 is 1.66 bits per heavy atom. The number of carbonyl (C=O) groups is 2. The first kappa shape index (κ1) is 25.8. The highest BCUT2D eigenvalue weighted by Crippen LogP contribution is 2.31. The maximum Gasteiger partial charge on any atom is 0.315 e. The van der Waals surface area contributed by atoms with Gasteiger partial charge in [0.1, 0.15) is 17.6 Å². The molecule has 0 radical (unpaired) electrons. The van der Waals surface area contributed by atoms with Crippen molar-refractivity contribution in [1.29, 1.82) is 5.26 Å². The number of nitrogens with zero attached hydrogens (tertiary/aromatic N) is 1. The third-order valence-electron chi connectivity index (χ3n) is 5.45. The van der Waals surface area contributed by atoms with Gasteiger partial charge in [0, 0.05) is 17.0 Å². The largest absolute Gasteiger partial charge is 0.481 e. The van der Waals surface area contributed by atoms with E-state index in [9.17, 15) is 14.9 Å². The average molecular weight is 492 g/mol. The quantitative estimate of drug-likeness (QED) is 0.317. The molecular formula is C28H26ClNO5. The Labute approximate surface area is 209 Å². The molecule has 1 N–H and O–H groups in total. The third kappa shape index (κ3) is 7.33. The fourth-order valence-electron chi connectivity index (χ4n) is 3.67. The van der Waals surface area contributed by atoms with Crippen molar-refractivity contribution >= 4 is 23.5 Å². The molecule has 0 bridgehead atoms. The second kappa shape index (κ2) is 12.0. The number of hydrogen-bond donors (Lipinski definition) is 1. The van der Waals surface area contributed by atoms with Gasteiger partial charge in [0.05, 0.1) is 5.92 Å². The molecular weight excluding hydrogens is 466 g/mol. The summed E-state index contributed by atoms with van der Waals surface area (Å²) in [5.74, 6) is -0.872. The third-order valence-corrected chi connectivity index (χ3v) is 5.70. The minimum absolute atomic E-state index is 0.0452. The highest BCUT2D eigenvalue weighted by Gasteiger charge is 2.29. The van der Waals surface area contributed by atoms with Gasteiger partial charge in [-0.25, -0.2) is 0 Å². The van der Waals surface area contributed by atoms with E-state index >= 15 is 0 Å². The van der Waals surface area contributed by atoms with Crippen LogP contribution in [-0.4, -0.2) is 17.0 Å². The Morgan fingerprint density at radius 3 is 2.26 bits per heavy atom. The van der Waals surface area contributed by atoms with Crippen LogP contribution in [0.15, 0.2) is 72.8 Å². The van der Waals surface area contributed by atoms with Crippen molar-refractivity contribution in [2.75, 3.05) is 0 Å². The highest BCUT2D eigenvalue weighted by molar-refractivity contribution is 6.30. The van der Waals surface area contributed by atoms with Crippen LogP contribution in [0.1, 0.15) is 49.0 Å². The minimum atomic E-state index is -1.10. The Kier molecular flexibility index (Phi) is 8.88. The van der Waals surface area contributed by atoms with Gasteiger partial charge >= 0.3 is 11.9 Å². The molecule has 0 aliphatic heterocycles. The van der Waals surface area contributed by atoms with Crippen LogP contribution in [0.25, 0.3) is 0 Å². The summed E-state index contributed by atoms with van der Waals surface area (Å²) >= 11 is 5.98. The predicted molar refractivity (Wildman–Crippen MR) is 132 cm³/mol. The SMILES string of the molecule is CC(C)C(C(=O)OC(C#N)c1cccc(Oc2ccc(CCC(=O)O)cc2)c1)c1ccc(Cl)cc1. The Morgan fingerprint density at radius 1 is 0.971 bits per heavy atom. The standard InChI is InChI=1S/C28H26ClNO5/c1-18(2)27(20-9-11-22(29)12-10-20)28(33)35-25(17-30)21-4-3-5-24(16-21)34-23-13-6-19(7-14-23)8-15-26(31)32/h3-7,9-14,16,18,25,27H,8,15H2,1-2H3,(H,31,32). The number of hydrogen-bond acceptors (Lipinski definition) is 5. The molecule has 0 aliphatic rings. The van der Waals surface area contributed by atoms with E-state index in [2.05, 4.69) is 6.07 Å². The second-order valence-electron chi connectivity index (χ2n) is 8.43. The molecule has 6 nitrogen and oxygen atoms in total. The maximum atomic E-state index is 13.0. The summed E-state index contributed by atoms with van der Waals surface area (Å²) in [6.45, 7) is 3.84. The molecule has 3 rings (SSSR count). The topological polar surface area (TPSA) is 96.6 Å². The van der Waals surface area contributed by atoms with Crippen molar-refractivity contribution in [3.05, 3.63) is 94.5 Å². The van der Waals surface area contributed by atoms with E-state index in [-0.39, 0.29) is 12.3 Å². The highest BCUT2D eigenvalue weighted by atomic mass is 35.5. The van der Waals surface area contributed by atoms with Gasteiger partial charge in [-0.15, -0.1) is 0 Å². The van der Waals surface area contributed by atoms with Gasteiger partial charge in [0.2, 0.25) is 6.10 Å². The normalized spacial score (nSPS) is 12.4. The van der Waals surface area contributed by atoms with Gasteiger partial charge in [0.25, 0.3) is 0 Å². The molecule has 2 unspecified atom stereocenters. The molecule has 0 aromatic heterocycles. The van der Waals surface area contributed by atoms with E-state index < -0.39 is 24.0 Å². The lowest BCUT2D eigenvalue weighted by Crippen LogP contribution is -2.22. The number of aryl methyl sites for hydroxylation is 1. The molecule has 0 heterocycles. The van der Waals surface area contributed by atoms with Crippen LogP contribution in [0.3, 0.4) is 0 Å². The van der Waals surface area contributed by atoms with Crippen molar-refractivity contribution in [2.24, 2.45) is 5.92 Å². The molecule has 35 heavy (non-hydrogen) atoms. The zero-order valence-electron chi connectivity index (χ0n) is 19.5. The van der Waals surface area contributed by atoms with Crippen LogP contribution in [-0.2, 0) is 20.7 Å². The lowest BCUT2D eigenvalue weighted by Gasteiger charge is -2.22. The second-order valence-corrected chi connectivity index (χ2v) is 8.87. The number of carboxylic acids is 1. The van der Waals surface area contributed by atoms with E-state index in [0.717, 1.165) is 11.1 Å². The fourth-order valence-corrected chi connectivity index (χ4v) is 3.80. The number of carbonyl (C=O) groups excluding carboxylic acids is 1. The summed E-state index contributed by atoms with van der Waals surface area (Å²) in [6, 6.07) is 23.0. The van der Waals surface area contributed by atoms with Gasteiger partial charge in [-0.1, -0.05) is 61.8 Å². The minimum Gasteiger partial charge on any atom is -0.481 e. The molecule has 0 saturated heterocycles. The summed E-state index contributed by atoms with van der Waals surface area (Å²) in [6.07, 6.45) is -0.599. The van der Waals surface area contributed by atoms with Crippen molar-refractivity contribution in [1.82, 2.24) is 0 Å². The lowest BCUT2D eigenvalue weighted by atomic mass is 9.88. The van der Waals surface area contributed by atoms with E-state index in [4.69, 9.17) is 26.2 Å². The first-order chi connectivity index (χ1) is 16.8. The summed E-state index contributed by atoms with van der Waals surface area (Å²) in [4.78, 5) is 23.8. The smallest absolute Gasteiger partial charge is 0.315 e. The van der Waals surface area contributed by atoms with Crippen LogP contribution in [0, 0.1) is 17.2 Å². The maximum absolute atomic E-state index is 13.0. The molecule has 0 aliphatic carbocycles. The van der Waals surface area contributed by atoms with Gasteiger partial charge in [-0.3, -0.25) is 9.59 Å². The average Bonchev–Trinajstić information content (AvgIpc) is 2.83. The molecule has 3 aromatic rings. The Hall–Kier alpha value is -3.82. The molecule has 0 fully saturated rings. The molecule has 0 spiro atoms. The fraction of sp³-hybridized carbons (Fsp3) is 0.250. The zero-order valence-corrected chi connectivity index (χ0v) is 20.2. The van der Waals surface area contributed by atoms with Crippen LogP contribution in [0.5, 0.6) is 11.5 Å². The van der Waals surface area contributed by atoms with Gasteiger partial charge in [-0.2, -0.15) is 5.26 Å². The van der Waals surface area contributed by atoms with Crippen molar-refractivity contribution < 1.29 is 24.2 Å². The first-order valence-corrected chi connectivity index (χ1v) is 11.6. The number of esters is 1.